The van der Waals surface area contributed by atoms with Crippen molar-refractivity contribution in [2.24, 2.45) is 0 Å². The Morgan fingerprint density at radius 1 is 1.21 bits per heavy atom. The predicted octanol–water partition coefficient (Wildman–Crippen LogP) is 2.88. The van der Waals surface area contributed by atoms with Crippen molar-refractivity contribution in [2.75, 3.05) is 26.2 Å². The van der Waals surface area contributed by atoms with Gasteiger partial charge in [0.15, 0.2) is 0 Å². The molecule has 0 spiro atoms. The minimum Gasteiger partial charge on any atom is -0.336 e. The van der Waals surface area contributed by atoms with Crippen LogP contribution in [0.5, 0.6) is 0 Å². The van der Waals surface area contributed by atoms with Crippen LogP contribution in [-0.4, -0.2) is 53.0 Å². The summed E-state index contributed by atoms with van der Waals surface area (Å²) in [4.78, 5) is 20.7. The van der Waals surface area contributed by atoms with Gasteiger partial charge in [0.05, 0.1) is 5.52 Å². The number of likely N-dealkylation sites (tertiary alicyclic amines) is 1. The molecule has 6 heteroatoms. The Balaban J connectivity index is 1.46. The molecule has 3 heterocycles. The van der Waals surface area contributed by atoms with Crippen molar-refractivity contribution < 1.29 is 4.79 Å². The maximum atomic E-state index is 11.8. The van der Waals surface area contributed by atoms with Crippen LogP contribution in [0.3, 0.4) is 0 Å². The number of piperidine rings is 1. The van der Waals surface area contributed by atoms with Gasteiger partial charge in [-0.05, 0) is 25.0 Å². The molecule has 4 rings (SSSR count). The third-order valence-corrected chi connectivity index (χ3v) is 5.45. The number of carbonyl (C=O) groups excluding carboxylic acids is 1. The summed E-state index contributed by atoms with van der Waals surface area (Å²) in [7, 11) is 0. The molecule has 2 aliphatic heterocycles. The number of urea groups is 1. The van der Waals surface area contributed by atoms with Gasteiger partial charge in [-0.2, -0.15) is 0 Å². The Hall–Kier alpha value is -1.85. The molecule has 0 bridgehead atoms. The Bertz CT molecular complexity index is 758. The van der Waals surface area contributed by atoms with Gasteiger partial charge in [-0.25, -0.2) is 4.79 Å². The maximum Gasteiger partial charge on any atom is 0.317 e. The summed E-state index contributed by atoms with van der Waals surface area (Å²) in [6.07, 6.45) is 3.85. The third-order valence-electron chi connectivity index (χ3n) is 5.09. The van der Waals surface area contributed by atoms with Crippen molar-refractivity contribution >= 4 is 28.5 Å². The number of nitrogens with zero attached hydrogens (tertiary/aromatic N) is 3. The summed E-state index contributed by atoms with van der Waals surface area (Å²) in [6, 6.07) is 8.46. The van der Waals surface area contributed by atoms with Crippen LogP contribution in [-0.2, 0) is 6.54 Å². The van der Waals surface area contributed by atoms with Crippen LogP contribution in [0.15, 0.2) is 30.5 Å². The van der Waals surface area contributed by atoms with Crippen LogP contribution >= 0.6 is 11.6 Å². The third kappa shape index (κ3) is 2.94. The first kappa shape index (κ1) is 15.7. The molecule has 2 amide bonds. The summed E-state index contributed by atoms with van der Waals surface area (Å²) in [6.45, 7) is 4.38. The molecule has 2 fully saturated rings. The van der Waals surface area contributed by atoms with Gasteiger partial charge in [0.25, 0.3) is 0 Å². The van der Waals surface area contributed by atoms with Gasteiger partial charge in [-0.3, -0.25) is 9.88 Å². The van der Waals surface area contributed by atoms with Crippen LogP contribution in [0.25, 0.3) is 10.9 Å². The summed E-state index contributed by atoms with van der Waals surface area (Å²) in [5.74, 6) is 0. The highest BCUT2D eigenvalue weighted by Gasteiger charge is 2.30. The molecule has 0 atom stereocenters. The van der Waals surface area contributed by atoms with Crippen molar-refractivity contribution in [1.29, 1.82) is 0 Å². The first-order valence-electron chi connectivity index (χ1n) is 8.51. The lowest BCUT2D eigenvalue weighted by Crippen LogP contribution is -2.45. The van der Waals surface area contributed by atoms with Gasteiger partial charge in [0.1, 0.15) is 0 Å². The number of hydrogen-bond acceptors (Lipinski definition) is 3. The SMILES string of the molecule is O=C1NCCN1C1CCN(Cc2c(Cl)ccc3cccnc23)CC1. The van der Waals surface area contributed by atoms with E-state index < -0.39 is 0 Å². The molecule has 2 aliphatic rings. The molecule has 0 saturated carbocycles. The van der Waals surface area contributed by atoms with Crippen molar-refractivity contribution in [2.45, 2.75) is 25.4 Å². The molecular weight excluding hydrogens is 324 g/mol. The minimum absolute atomic E-state index is 0.0924. The number of aromatic nitrogens is 1. The Labute approximate surface area is 146 Å². The quantitative estimate of drug-likeness (QED) is 0.931. The van der Waals surface area contributed by atoms with Crippen molar-refractivity contribution in [3.8, 4) is 0 Å². The van der Waals surface area contributed by atoms with Crippen LogP contribution in [0.1, 0.15) is 18.4 Å². The number of fused-ring (bicyclic) bond motifs is 1. The monoisotopic (exact) mass is 344 g/mol. The molecule has 0 unspecified atom stereocenters. The van der Waals surface area contributed by atoms with E-state index in [0.717, 1.165) is 67.1 Å². The zero-order valence-corrected chi connectivity index (χ0v) is 14.3. The van der Waals surface area contributed by atoms with Gasteiger partial charge in [-0.15, -0.1) is 0 Å². The molecule has 2 aromatic rings. The number of amides is 2. The van der Waals surface area contributed by atoms with Crippen molar-refractivity contribution in [3.05, 3.63) is 41.0 Å². The van der Waals surface area contributed by atoms with Gasteiger partial charge in [0, 0.05) is 60.9 Å². The lowest BCUT2D eigenvalue weighted by Gasteiger charge is -2.36. The Kier molecular flexibility index (Phi) is 4.29. The second kappa shape index (κ2) is 6.57. The summed E-state index contributed by atoms with van der Waals surface area (Å²) in [5, 5.41) is 4.80. The van der Waals surface area contributed by atoms with E-state index in [1.54, 1.807) is 0 Å². The number of rotatable bonds is 3. The highest BCUT2D eigenvalue weighted by atomic mass is 35.5. The fourth-order valence-electron chi connectivity index (χ4n) is 3.78. The zero-order chi connectivity index (χ0) is 16.5. The van der Waals surface area contributed by atoms with Crippen LogP contribution in [0.4, 0.5) is 4.79 Å². The normalized spacial score (nSPS) is 19.9. The van der Waals surface area contributed by atoms with Crippen molar-refractivity contribution in [3.63, 3.8) is 0 Å². The van der Waals surface area contributed by atoms with Crippen LogP contribution < -0.4 is 5.32 Å². The van der Waals surface area contributed by atoms with E-state index in [-0.39, 0.29) is 6.03 Å². The lowest BCUT2D eigenvalue weighted by molar-refractivity contribution is 0.132. The number of hydrogen-bond donors (Lipinski definition) is 1. The molecule has 1 N–H and O–H groups in total. The number of pyridine rings is 1. The molecule has 1 aromatic carbocycles. The van der Waals surface area contributed by atoms with Crippen molar-refractivity contribution in [1.82, 2.24) is 20.1 Å². The summed E-state index contributed by atoms with van der Waals surface area (Å²) in [5.41, 5.74) is 2.10. The van der Waals surface area contributed by atoms with Crippen LogP contribution in [0, 0.1) is 0 Å². The number of halogens is 1. The first-order valence-corrected chi connectivity index (χ1v) is 8.89. The number of nitrogens with one attached hydrogen (secondary N) is 1. The Morgan fingerprint density at radius 3 is 2.79 bits per heavy atom. The van der Waals surface area contributed by atoms with E-state index in [4.69, 9.17) is 11.6 Å². The van der Waals surface area contributed by atoms with Gasteiger partial charge >= 0.3 is 6.03 Å². The smallest absolute Gasteiger partial charge is 0.317 e. The average molecular weight is 345 g/mol. The highest BCUT2D eigenvalue weighted by molar-refractivity contribution is 6.32. The van der Waals surface area contributed by atoms with E-state index in [9.17, 15) is 4.79 Å². The lowest BCUT2D eigenvalue weighted by atomic mass is 10.0. The fraction of sp³-hybridized carbons (Fsp3) is 0.444. The molecule has 1 aromatic heterocycles. The highest BCUT2D eigenvalue weighted by Crippen LogP contribution is 2.27. The zero-order valence-electron chi connectivity index (χ0n) is 13.5. The summed E-state index contributed by atoms with van der Waals surface area (Å²) >= 11 is 6.45. The van der Waals surface area contributed by atoms with Crippen LogP contribution in [0.2, 0.25) is 5.02 Å². The number of benzene rings is 1. The van der Waals surface area contributed by atoms with E-state index in [1.165, 1.54) is 0 Å². The molecular formula is C18H21ClN4O. The molecule has 0 radical (unpaired) electrons. The van der Waals surface area contributed by atoms with E-state index in [0.29, 0.717) is 6.04 Å². The Morgan fingerprint density at radius 2 is 2.04 bits per heavy atom. The second-order valence-electron chi connectivity index (χ2n) is 6.53. The topological polar surface area (TPSA) is 48.5 Å². The fourth-order valence-corrected chi connectivity index (χ4v) is 3.99. The van der Waals surface area contributed by atoms with E-state index >= 15 is 0 Å². The molecule has 24 heavy (non-hydrogen) atoms. The maximum absolute atomic E-state index is 11.8. The second-order valence-corrected chi connectivity index (χ2v) is 6.94. The van der Waals surface area contributed by atoms with Gasteiger partial charge in [0.2, 0.25) is 0 Å². The van der Waals surface area contributed by atoms with Gasteiger partial charge in [-0.1, -0.05) is 23.7 Å². The number of carbonyl (C=O) groups is 1. The van der Waals surface area contributed by atoms with E-state index in [2.05, 4.69) is 21.3 Å². The predicted molar refractivity (Wildman–Crippen MR) is 95.2 cm³/mol. The van der Waals surface area contributed by atoms with E-state index in [1.807, 2.05) is 29.3 Å². The minimum atomic E-state index is 0.0924. The molecule has 2 saturated heterocycles. The average Bonchev–Trinajstić information content (AvgIpc) is 3.04. The van der Waals surface area contributed by atoms with Gasteiger partial charge < -0.3 is 10.2 Å². The molecule has 5 nitrogen and oxygen atoms in total. The molecule has 0 aliphatic carbocycles. The molecule has 126 valence electrons. The largest absolute Gasteiger partial charge is 0.336 e. The standard InChI is InChI=1S/C18H21ClN4O/c19-16-4-3-13-2-1-7-20-17(13)15(16)12-22-9-5-14(6-10-22)23-11-8-21-18(23)24/h1-4,7,14H,5-6,8-12H2,(H,21,24). The first-order chi connectivity index (χ1) is 11.7. The summed E-state index contributed by atoms with van der Waals surface area (Å²) < 4.78 is 0.